The van der Waals surface area contributed by atoms with Crippen molar-refractivity contribution in [3.63, 3.8) is 0 Å². The van der Waals surface area contributed by atoms with Crippen LogP contribution in [0, 0.1) is 0 Å². The van der Waals surface area contributed by atoms with Crippen LogP contribution in [-0.4, -0.2) is 4.98 Å². The molecule has 0 bridgehead atoms. The number of hydrogen-bond acceptors (Lipinski definition) is 3. The number of benzene rings is 6. The van der Waals surface area contributed by atoms with E-state index in [2.05, 4.69) is 179 Å². The maximum absolute atomic E-state index is 5.30. The number of pyridine rings is 1. The molecule has 0 N–H and O–H groups in total. The second-order valence-electron chi connectivity index (χ2n) is 15.7. The van der Waals surface area contributed by atoms with Crippen molar-refractivity contribution in [1.82, 2.24) is 4.98 Å². The maximum Gasteiger partial charge on any atom is 0.138 e. The molecule has 3 aliphatic heterocycles. The number of para-hydroxylation sites is 3. The summed E-state index contributed by atoms with van der Waals surface area (Å²) in [4.78, 5) is 10.3. The quantitative estimate of drug-likeness (QED) is 0.193. The normalized spacial score (nSPS) is 16.8. The van der Waals surface area contributed by atoms with Gasteiger partial charge in [0.25, 0.3) is 0 Å². The van der Waals surface area contributed by atoms with E-state index in [0.29, 0.717) is 0 Å². The van der Waals surface area contributed by atoms with Gasteiger partial charge < -0.3 is 4.90 Å². The van der Waals surface area contributed by atoms with Gasteiger partial charge in [-0.05, 0) is 86.6 Å². The van der Waals surface area contributed by atoms with Crippen molar-refractivity contribution >= 4 is 55.9 Å². The topological polar surface area (TPSA) is 19.4 Å². The molecule has 0 spiro atoms. The lowest BCUT2D eigenvalue weighted by molar-refractivity contribution is 0.566. The molecule has 0 unspecified atom stereocenters. The standard InChI is InChI=1S/C46H39N3/c1-44(2)33-16-11-18-35-41(33)49-42-34(44)17-12-19-36(42)46(5,6)38-27-32(26-37(43(38)49)45(35,3)4)48(31-23-21-28-13-7-8-15-30(28)25-31)40-24-22-29-14-9-10-20-39(29)47-40/h7-27H,1-6H3. The molecule has 49 heavy (non-hydrogen) atoms. The number of aromatic nitrogens is 1. The second-order valence-corrected chi connectivity index (χ2v) is 15.7. The average molecular weight is 634 g/mol. The molecule has 0 saturated carbocycles. The van der Waals surface area contributed by atoms with Crippen molar-refractivity contribution in [2.45, 2.75) is 57.8 Å². The Morgan fingerprint density at radius 3 is 1.53 bits per heavy atom. The summed E-state index contributed by atoms with van der Waals surface area (Å²) in [5.74, 6) is 0.911. The first-order valence-electron chi connectivity index (χ1n) is 17.5. The van der Waals surface area contributed by atoms with Crippen molar-refractivity contribution in [3.8, 4) is 0 Å². The minimum absolute atomic E-state index is 0.108. The molecule has 0 saturated heterocycles. The van der Waals surface area contributed by atoms with Crippen LogP contribution in [0.25, 0.3) is 21.7 Å². The Hall–Kier alpha value is -5.41. The van der Waals surface area contributed by atoms with Crippen molar-refractivity contribution in [1.29, 1.82) is 0 Å². The van der Waals surface area contributed by atoms with E-state index in [9.17, 15) is 0 Å². The molecule has 3 nitrogen and oxygen atoms in total. The molecule has 3 heteroatoms. The maximum atomic E-state index is 5.30. The van der Waals surface area contributed by atoms with Crippen molar-refractivity contribution < 1.29 is 0 Å². The highest BCUT2D eigenvalue weighted by Crippen LogP contribution is 2.66. The van der Waals surface area contributed by atoms with Crippen LogP contribution in [-0.2, 0) is 16.2 Å². The molecule has 0 atom stereocenters. The predicted molar refractivity (Wildman–Crippen MR) is 205 cm³/mol. The Labute approximate surface area is 288 Å². The zero-order chi connectivity index (χ0) is 33.4. The summed E-state index contributed by atoms with van der Waals surface area (Å²) in [5, 5.41) is 3.58. The van der Waals surface area contributed by atoms with E-state index in [1.54, 1.807) is 0 Å². The fourth-order valence-electron chi connectivity index (χ4n) is 9.21. The molecule has 238 valence electrons. The number of fused-ring (bicyclic) bond motifs is 2. The highest BCUT2D eigenvalue weighted by Gasteiger charge is 2.51. The van der Waals surface area contributed by atoms with Gasteiger partial charge in [0.15, 0.2) is 0 Å². The van der Waals surface area contributed by atoms with E-state index in [4.69, 9.17) is 4.98 Å². The largest absolute Gasteiger partial charge is 0.309 e. The Morgan fingerprint density at radius 1 is 0.429 bits per heavy atom. The van der Waals surface area contributed by atoms with Crippen LogP contribution < -0.4 is 9.80 Å². The fourth-order valence-corrected chi connectivity index (χ4v) is 9.21. The zero-order valence-electron chi connectivity index (χ0n) is 29.0. The van der Waals surface area contributed by atoms with Crippen LogP contribution in [0.2, 0.25) is 0 Å². The second kappa shape index (κ2) is 9.39. The number of anilines is 6. The SMILES string of the molecule is CC1(C)c2cccc3c2N2c4c1cccc4C(C)(C)c1cc(N(c4ccc5ccccc5c4)c4ccc5ccccc5n4)cc(c12)C3(C)C. The Bertz CT molecular complexity index is 2380. The summed E-state index contributed by atoms with van der Waals surface area (Å²) in [7, 11) is 0. The van der Waals surface area contributed by atoms with Gasteiger partial charge in [0.05, 0.1) is 22.6 Å². The summed E-state index contributed by atoms with van der Waals surface area (Å²) in [6.45, 7) is 14.5. The lowest BCUT2D eigenvalue weighted by Gasteiger charge is -2.55. The van der Waals surface area contributed by atoms with Gasteiger partial charge >= 0.3 is 0 Å². The average Bonchev–Trinajstić information content (AvgIpc) is 3.10. The van der Waals surface area contributed by atoms with Gasteiger partial charge in [-0.1, -0.05) is 126 Å². The van der Waals surface area contributed by atoms with Gasteiger partial charge in [0.1, 0.15) is 5.82 Å². The molecule has 4 heterocycles. The van der Waals surface area contributed by atoms with Gasteiger partial charge in [-0.25, -0.2) is 4.98 Å². The number of hydrogen-bond donors (Lipinski definition) is 0. The molecule has 0 aliphatic carbocycles. The zero-order valence-corrected chi connectivity index (χ0v) is 29.0. The van der Waals surface area contributed by atoms with E-state index >= 15 is 0 Å². The first-order valence-corrected chi connectivity index (χ1v) is 17.5. The Kier molecular flexibility index (Phi) is 5.48. The highest BCUT2D eigenvalue weighted by atomic mass is 15.2. The first-order chi connectivity index (χ1) is 23.6. The number of nitrogens with zero attached hydrogens (tertiary/aromatic N) is 3. The van der Waals surface area contributed by atoms with Crippen LogP contribution in [0.3, 0.4) is 0 Å². The summed E-state index contributed by atoms with van der Waals surface area (Å²) in [5.41, 5.74) is 15.0. The predicted octanol–water partition coefficient (Wildman–Crippen LogP) is 12.2. The molecule has 6 aromatic carbocycles. The molecule has 10 rings (SSSR count). The lowest BCUT2D eigenvalue weighted by Crippen LogP contribution is -2.43. The van der Waals surface area contributed by atoms with Gasteiger partial charge in [-0.2, -0.15) is 0 Å². The first kappa shape index (κ1) is 28.6. The third-order valence-corrected chi connectivity index (χ3v) is 11.9. The molecule has 1 aromatic heterocycles. The summed E-state index contributed by atoms with van der Waals surface area (Å²) in [6, 6.07) is 47.1. The number of rotatable bonds is 3. The molecule has 3 aliphatic rings. The minimum atomic E-state index is -0.232. The van der Waals surface area contributed by atoms with E-state index in [1.165, 1.54) is 61.2 Å². The van der Waals surface area contributed by atoms with Crippen molar-refractivity contribution in [2.24, 2.45) is 0 Å². The van der Waals surface area contributed by atoms with Gasteiger partial charge in [0.2, 0.25) is 0 Å². The van der Waals surface area contributed by atoms with Crippen molar-refractivity contribution in [2.75, 3.05) is 9.80 Å². The summed E-state index contributed by atoms with van der Waals surface area (Å²) < 4.78 is 0. The summed E-state index contributed by atoms with van der Waals surface area (Å²) in [6.07, 6.45) is 0. The van der Waals surface area contributed by atoms with Gasteiger partial charge in [-0.15, -0.1) is 0 Å². The molecule has 0 amide bonds. The Morgan fingerprint density at radius 2 is 0.918 bits per heavy atom. The fraction of sp³-hybridized carbons (Fsp3) is 0.196. The molecule has 0 radical (unpaired) electrons. The molecular weight excluding hydrogens is 595 g/mol. The Balaban J connectivity index is 1.30. The molecule has 0 fully saturated rings. The van der Waals surface area contributed by atoms with Gasteiger partial charge in [-0.3, -0.25) is 4.90 Å². The molecule has 7 aromatic rings. The van der Waals surface area contributed by atoms with Crippen LogP contribution in [0.4, 0.5) is 34.3 Å². The smallest absolute Gasteiger partial charge is 0.138 e. The minimum Gasteiger partial charge on any atom is -0.309 e. The van der Waals surface area contributed by atoms with Crippen LogP contribution in [0.5, 0.6) is 0 Å². The van der Waals surface area contributed by atoms with E-state index in [-0.39, 0.29) is 16.2 Å². The monoisotopic (exact) mass is 633 g/mol. The lowest BCUT2D eigenvalue weighted by atomic mass is 9.61. The summed E-state index contributed by atoms with van der Waals surface area (Å²) >= 11 is 0. The third-order valence-electron chi connectivity index (χ3n) is 11.9. The van der Waals surface area contributed by atoms with Crippen LogP contribution in [0.15, 0.2) is 127 Å². The van der Waals surface area contributed by atoms with Crippen LogP contribution in [0.1, 0.15) is 74.9 Å². The highest BCUT2D eigenvalue weighted by molar-refractivity contribution is 6.00. The third kappa shape index (κ3) is 3.65. The van der Waals surface area contributed by atoms with E-state index in [1.807, 2.05) is 0 Å². The van der Waals surface area contributed by atoms with Crippen molar-refractivity contribution in [3.05, 3.63) is 161 Å². The molecular formula is C46H39N3. The van der Waals surface area contributed by atoms with Crippen LogP contribution >= 0.6 is 0 Å². The van der Waals surface area contributed by atoms with Gasteiger partial charge in [0, 0.05) is 33.0 Å². The van der Waals surface area contributed by atoms with E-state index < -0.39 is 0 Å². The van der Waals surface area contributed by atoms with E-state index in [0.717, 1.165) is 28.1 Å².